The van der Waals surface area contributed by atoms with Crippen LogP contribution in [0.15, 0.2) is 85.5 Å². The number of ether oxygens (including phenoxy) is 1. The van der Waals surface area contributed by atoms with E-state index >= 15 is 0 Å². The van der Waals surface area contributed by atoms with Crippen LogP contribution in [0.2, 0.25) is 0 Å². The van der Waals surface area contributed by atoms with Crippen LogP contribution < -0.4 is 4.74 Å². The molecule has 0 radical (unpaired) electrons. The van der Waals surface area contributed by atoms with Crippen LogP contribution in [0.3, 0.4) is 0 Å². The molecule has 0 N–H and O–H groups in total. The number of aromatic nitrogens is 4. The molecule has 0 aliphatic carbocycles. The molecule has 3 heterocycles. The lowest BCUT2D eigenvalue weighted by Crippen LogP contribution is -2.02. The van der Waals surface area contributed by atoms with Gasteiger partial charge in [-0.2, -0.15) is 0 Å². The Morgan fingerprint density at radius 3 is 2.61 bits per heavy atom. The molecule has 0 bridgehead atoms. The van der Waals surface area contributed by atoms with E-state index in [9.17, 15) is 4.79 Å². The molecule has 5 aromatic rings. The zero-order valence-electron chi connectivity index (χ0n) is 19.9. The predicted octanol–water partition coefficient (Wildman–Crippen LogP) is 6.15. The van der Waals surface area contributed by atoms with Gasteiger partial charge in [0.05, 0.1) is 35.4 Å². The molecule has 1 aliphatic heterocycles. The van der Waals surface area contributed by atoms with Crippen molar-refractivity contribution in [2.75, 3.05) is 6.61 Å². The second-order valence-electron chi connectivity index (χ2n) is 9.09. The first-order valence-corrected chi connectivity index (χ1v) is 12.4. The third-order valence-corrected chi connectivity index (χ3v) is 6.63. The number of nitrogens with zero attached hydrogens (tertiary/aromatic N) is 4. The van der Waals surface area contributed by atoms with E-state index in [4.69, 9.17) is 14.7 Å². The molecular formula is C30H26N4O2. The molecule has 6 rings (SSSR count). The van der Waals surface area contributed by atoms with Gasteiger partial charge in [-0.3, -0.25) is 4.79 Å². The van der Waals surface area contributed by atoms with Gasteiger partial charge in [-0.25, -0.2) is 15.0 Å². The largest absolute Gasteiger partial charge is 0.493 e. The van der Waals surface area contributed by atoms with Crippen molar-refractivity contribution in [1.29, 1.82) is 0 Å². The number of hydrogen-bond acceptors (Lipinski definition) is 5. The normalized spacial score (nSPS) is 12.4. The number of benzene rings is 3. The molecule has 0 saturated heterocycles. The van der Waals surface area contributed by atoms with E-state index in [-0.39, 0.29) is 5.78 Å². The Kier molecular flexibility index (Phi) is 6.00. The zero-order chi connectivity index (χ0) is 24.3. The molecule has 3 aromatic carbocycles. The van der Waals surface area contributed by atoms with Gasteiger partial charge in [0.25, 0.3) is 0 Å². The number of hydrogen-bond donors (Lipinski definition) is 0. The summed E-state index contributed by atoms with van der Waals surface area (Å²) in [7, 11) is 0. The summed E-state index contributed by atoms with van der Waals surface area (Å²) in [5, 5.41) is 0. The summed E-state index contributed by atoms with van der Waals surface area (Å²) in [6.07, 6.45) is 8.69. The molecule has 36 heavy (non-hydrogen) atoms. The number of ketones is 1. The van der Waals surface area contributed by atoms with Crippen molar-refractivity contribution in [2.24, 2.45) is 0 Å². The number of carbonyl (C=O) groups is 1. The zero-order valence-corrected chi connectivity index (χ0v) is 19.9. The van der Waals surface area contributed by atoms with Crippen molar-refractivity contribution < 1.29 is 9.53 Å². The Morgan fingerprint density at radius 2 is 1.75 bits per heavy atom. The van der Waals surface area contributed by atoms with E-state index in [1.54, 1.807) is 12.5 Å². The first-order valence-electron chi connectivity index (χ1n) is 12.4. The van der Waals surface area contributed by atoms with Gasteiger partial charge in [0.1, 0.15) is 5.75 Å². The highest BCUT2D eigenvalue weighted by molar-refractivity contribution is 5.99. The quantitative estimate of drug-likeness (QED) is 0.199. The van der Waals surface area contributed by atoms with Crippen LogP contribution >= 0.6 is 0 Å². The number of aryl methyl sites for hydroxylation is 1. The van der Waals surface area contributed by atoms with E-state index in [1.807, 2.05) is 71.4 Å². The highest BCUT2D eigenvalue weighted by Crippen LogP contribution is 2.35. The lowest BCUT2D eigenvalue weighted by molar-refractivity contribution is 0.0979. The van der Waals surface area contributed by atoms with Crippen molar-refractivity contribution in [3.8, 4) is 28.3 Å². The molecule has 0 unspecified atom stereocenters. The molecule has 0 saturated carbocycles. The van der Waals surface area contributed by atoms with Crippen LogP contribution in [-0.4, -0.2) is 31.9 Å². The van der Waals surface area contributed by atoms with Crippen molar-refractivity contribution in [3.63, 3.8) is 0 Å². The number of fused-ring (bicyclic) bond motifs is 2. The smallest absolute Gasteiger partial charge is 0.162 e. The van der Waals surface area contributed by atoms with E-state index in [0.717, 1.165) is 65.1 Å². The lowest BCUT2D eigenvalue weighted by Gasteiger charge is -2.12. The standard InChI is InChI=1S/C30H26N4O2/c35-27(8-4-5-15-34-16-14-31-20-34)22-9-11-25-26(19-22)33-29(21-6-2-1-3-7-21)30(32-25)24-10-12-28-23(18-24)13-17-36-28/h1-3,6-7,9-12,14,16,18-20H,4-5,8,13,15,17H2. The Bertz CT molecular complexity index is 1530. The minimum atomic E-state index is 0.133. The number of unbranched alkanes of at least 4 members (excludes halogenated alkanes) is 1. The third-order valence-electron chi connectivity index (χ3n) is 6.63. The molecule has 0 fully saturated rings. The number of rotatable bonds is 8. The maximum atomic E-state index is 12.9. The van der Waals surface area contributed by atoms with Crippen LogP contribution in [0, 0.1) is 0 Å². The van der Waals surface area contributed by atoms with Crippen LogP contribution in [-0.2, 0) is 13.0 Å². The van der Waals surface area contributed by atoms with Crippen molar-refractivity contribution in [3.05, 3.63) is 96.6 Å². The monoisotopic (exact) mass is 474 g/mol. The van der Waals surface area contributed by atoms with Gasteiger partial charge < -0.3 is 9.30 Å². The topological polar surface area (TPSA) is 69.9 Å². The van der Waals surface area contributed by atoms with E-state index in [0.29, 0.717) is 18.6 Å². The number of carbonyl (C=O) groups excluding carboxylic acids is 1. The van der Waals surface area contributed by atoms with Crippen molar-refractivity contribution in [2.45, 2.75) is 32.2 Å². The Labute approximate surface area is 209 Å². The van der Waals surface area contributed by atoms with Crippen LogP contribution in [0.25, 0.3) is 33.5 Å². The van der Waals surface area contributed by atoms with Crippen LogP contribution in [0.1, 0.15) is 35.2 Å². The van der Waals surface area contributed by atoms with Gasteiger partial charge in [-0.15, -0.1) is 0 Å². The Balaban J connectivity index is 1.31. The molecule has 0 spiro atoms. The summed E-state index contributed by atoms with van der Waals surface area (Å²) in [6, 6.07) is 22.0. The minimum absolute atomic E-state index is 0.133. The molecule has 2 aromatic heterocycles. The summed E-state index contributed by atoms with van der Waals surface area (Å²) in [5.74, 6) is 1.08. The SMILES string of the molecule is O=C(CCCCn1ccnc1)c1ccc2nc(-c3ccc4c(c3)CCO4)c(-c3ccccc3)nc2c1. The molecule has 1 aliphatic rings. The van der Waals surface area contributed by atoms with E-state index < -0.39 is 0 Å². The Hall–Kier alpha value is -4.32. The molecule has 6 nitrogen and oxygen atoms in total. The first-order chi connectivity index (χ1) is 17.7. The Morgan fingerprint density at radius 1 is 0.889 bits per heavy atom. The van der Waals surface area contributed by atoms with Crippen molar-refractivity contribution in [1.82, 2.24) is 19.5 Å². The number of Topliss-reactive ketones (excluding diaryl/α,β-unsaturated/α-hetero) is 1. The summed E-state index contributed by atoms with van der Waals surface area (Å²) in [4.78, 5) is 27.0. The van der Waals surface area contributed by atoms with Gasteiger partial charge in [-0.05, 0) is 54.8 Å². The maximum Gasteiger partial charge on any atom is 0.162 e. The molecule has 6 heteroatoms. The van der Waals surface area contributed by atoms with Gasteiger partial charge in [0.15, 0.2) is 5.78 Å². The summed E-state index contributed by atoms with van der Waals surface area (Å²) in [6.45, 7) is 1.59. The molecule has 178 valence electrons. The van der Waals surface area contributed by atoms with Gasteiger partial charge in [0, 0.05) is 48.5 Å². The highest BCUT2D eigenvalue weighted by Gasteiger charge is 2.18. The fourth-order valence-corrected chi connectivity index (χ4v) is 4.70. The molecular weight excluding hydrogens is 448 g/mol. The maximum absolute atomic E-state index is 12.9. The summed E-state index contributed by atoms with van der Waals surface area (Å²) < 4.78 is 7.73. The molecule has 0 atom stereocenters. The van der Waals surface area contributed by atoms with Gasteiger partial charge in [-0.1, -0.05) is 30.3 Å². The molecule has 0 amide bonds. The van der Waals surface area contributed by atoms with E-state index in [2.05, 4.69) is 11.1 Å². The van der Waals surface area contributed by atoms with Crippen LogP contribution in [0.5, 0.6) is 5.75 Å². The third kappa shape index (κ3) is 4.50. The summed E-state index contributed by atoms with van der Waals surface area (Å²) >= 11 is 0. The summed E-state index contributed by atoms with van der Waals surface area (Å²) in [5.41, 5.74) is 7.04. The minimum Gasteiger partial charge on any atom is -0.493 e. The average molecular weight is 475 g/mol. The fraction of sp³-hybridized carbons (Fsp3) is 0.200. The predicted molar refractivity (Wildman–Crippen MR) is 140 cm³/mol. The van der Waals surface area contributed by atoms with Crippen LogP contribution in [0.4, 0.5) is 0 Å². The number of imidazole rings is 1. The average Bonchev–Trinajstić information content (AvgIpc) is 3.62. The first kappa shape index (κ1) is 22.2. The second-order valence-corrected chi connectivity index (χ2v) is 9.09. The lowest BCUT2D eigenvalue weighted by atomic mass is 10.00. The highest BCUT2D eigenvalue weighted by atomic mass is 16.5. The fourth-order valence-electron chi connectivity index (χ4n) is 4.70. The van der Waals surface area contributed by atoms with Gasteiger partial charge in [0.2, 0.25) is 0 Å². The van der Waals surface area contributed by atoms with Gasteiger partial charge >= 0.3 is 0 Å². The van der Waals surface area contributed by atoms with Crippen molar-refractivity contribution >= 4 is 16.8 Å². The second kappa shape index (κ2) is 9.74. The van der Waals surface area contributed by atoms with E-state index in [1.165, 1.54) is 5.56 Å².